The normalized spacial score (nSPS) is 15.2. The summed E-state index contributed by atoms with van der Waals surface area (Å²) in [6, 6.07) is 9.25. The molecular weight excluding hydrogens is 528 g/mol. The predicted octanol–water partition coefficient (Wildman–Crippen LogP) is 4.76. The van der Waals surface area contributed by atoms with Gasteiger partial charge >= 0.3 is 0 Å². The van der Waals surface area contributed by atoms with Gasteiger partial charge in [0.2, 0.25) is 21.8 Å². The van der Waals surface area contributed by atoms with Gasteiger partial charge in [-0.2, -0.15) is 0 Å². The highest BCUT2D eigenvalue weighted by Crippen LogP contribution is 2.25. The second kappa shape index (κ2) is 12.3. The number of halogens is 3. The van der Waals surface area contributed by atoms with Crippen LogP contribution in [0.25, 0.3) is 0 Å². The Morgan fingerprint density at radius 1 is 1.08 bits per heavy atom. The number of hydrogen-bond acceptors (Lipinski definition) is 4. The van der Waals surface area contributed by atoms with Gasteiger partial charge in [-0.1, -0.05) is 60.7 Å². The number of nitrogens with one attached hydrogen (secondary N) is 1. The fraction of sp³-hybridized carbons (Fsp3) is 0.440. The van der Waals surface area contributed by atoms with Crippen LogP contribution in [0.4, 0.5) is 10.1 Å². The van der Waals surface area contributed by atoms with Gasteiger partial charge < -0.3 is 10.2 Å². The molecule has 0 aliphatic heterocycles. The van der Waals surface area contributed by atoms with Crippen LogP contribution in [-0.2, 0) is 26.2 Å². The highest BCUT2D eigenvalue weighted by Gasteiger charge is 2.32. The minimum Gasteiger partial charge on any atom is -0.352 e. The highest BCUT2D eigenvalue weighted by atomic mass is 35.5. The standard InChI is InChI=1S/C25H30Cl2FN3O4S/c1-17(25(33)29-19-8-4-3-5-9-19)30(15-18-12-13-20(26)21(27)14-18)24(32)16-31(36(2,34)35)23-11-7-6-10-22(23)28/h6-7,10-14,17,19H,3-5,8-9,15-16H2,1-2H3,(H,29,33)/t17-/m1/s1. The molecule has 1 aliphatic rings. The van der Waals surface area contributed by atoms with E-state index in [-0.39, 0.29) is 29.2 Å². The Hall–Kier alpha value is -2.36. The number of benzene rings is 2. The van der Waals surface area contributed by atoms with Crippen molar-refractivity contribution >= 4 is 50.7 Å². The molecule has 0 aromatic heterocycles. The van der Waals surface area contributed by atoms with E-state index in [9.17, 15) is 22.4 Å². The number of rotatable bonds is 9. The lowest BCUT2D eigenvalue weighted by Gasteiger charge is -2.33. The van der Waals surface area contributed by atoms with E-state index in [2.05, 4.69) is 5.32 Å². The quantitative estimate of drug-likeness (QED) is 0.481. The second-order valence-corrected chi connectivity index (χ2v) is 11.7. The number of nitrogens with zero attached hydrogens (tertiary/aromatic N) is 2. The largest absolute Gasteiger partial charge is 0.352 e. The first-order chi connectivity index (χ1) is 17.0. The molecular formula is C25H30Cl2FN3O4S. The van der Waals surface area contributed by atoms with Gasteiger partial charge in [-0.05, 0) is 49.6 Å². The van der Waals surface area contributed by atoms with E-state index in [1.165, 1.54) is 23.1 Å². The molecule has 196 valence electrons. The summed E-state index contributed by atoms with van der Waals surface area (Å²) in [7, 11) is -4.02. The van der Waals surface area contributed by atoms with Gasteiger partial charge in [0.25, 0.3) is 0 Å². The molecule has 1 fully saturated rings. The van der Waals surface area contributed by atoms with Crippen LogP contribution in [-0.4, -0.2) is 50.0 Å². The van der Waals surface area contributed by atoms with Gasteiger partial charge in [0, 0.05) is 12.6 Å². The lowest BCUT2D eigenvalue weighted by Crippen LogP contribution is -2.53. The Morgan fingerprint density at radius 3 is 2.36 bits per heavy atom. The molecule has 0 radical (unpaired) electrons. The number of para-hydroxylation sites is 1. The van der Waals surface area contributed by atoms with Crippen LogP contribution in [0, 0.1) is 5.82 Å². The van der Waals surface area contributed by atoms with Crippen LogP contribution in [0.1, 0.15) is 44.6 Å². The smallest absolute Gasteiger partial charge is 0.244 e. The maximum Gasteiger partial charge on any atom is 0.244 e. The van der Waals surface area contributed by atoms with Crippen molar-refractivity contribution in [2.24, 2.45) is 0 Å². The van der Waals surface area contributed by atoms with E-state index in [0.717, 1.165) is 44.4 Å². The maximum absolute atomic E-state index is 14.5. The highest BCUT2D eigenvalue weighted by molar-refractivity contribution is 7.92. The van der Waals surface area contributed by atoms with Gasteiger partial charge in [-0.3, -0.25) is 13.9 Å². The third-order valence-corrected chi connectivity index (χ3v) is 8.12. The first-order valence-corrected chi connectivity index (χ1v) is 14.3. The zero-order chi connectivity index (χ0) is 26.5. The molecule has 0 spiro atoms. The van der Waals surface area contributed by atoms with Crippen LogP contribution < -0.4 is 9.62 Å². The number of amides is 2. The molecule has 3 rings (SSSR count). The molecule has 1 N–H and O–H groups in total. The Bertz CT molecular complexity index is 1210. The van der Waals surface area contributed by atoms with Crippen LogP contribution >= 0.6 is 23.2 Å². The Morgan fingerprint density at radius 2 is 1.75 bits per heavy atom. The van der Waals surface area contributed by atoms with E-state index >= 15 is 0 Å². The Balaban J connectivity index is 1.90. The van der Waals surface area contributed by atoms with Crippen LogP contribution in [0.15, 0.2) is 42.5 Å². The lowest BCUT2D eigenvalue weighted by atomic mass is 9.95. The maximum atomic E-state index is 14.5. The summed E-state index contributed by atoms with van der Waals surface area (Å²) in [5.74, 6) is -1.79. The fourth-order valence-electron chi connectivity index (χ4n) is 4.23. The average Bonchev–Trinajstić information content (AvgIpc) is 2.83. The molecule has 0 unspecified atom stereocenters. The predicted molar refractivity (Wildman–Crippen MR) is 140 cm³/mol. The summed E-state index contributed by atoms with van der Waals surface area (Å²) in [6.45, 7) is 0.882. The molecule has 1 atom stereocenters. The molecule has 36 heavy (non-hydrogen) atoms. The molecule has 0 bridgehead atoms. The minimum absolute atomic E-state index is 0.0240. The zero-order valence-corrected chi connectivity index (χ0v) is 22.5. The van der Waals surface area contributed by atoms with Crippen LogP contribution in [0.5, 0.6) is 0 Å². The summed E-state index contributed by atoms with van der Waals surface area (Å²) in [5.41, 5.74) is 0.356. The van der Waals surface area contributed by atoms with Crippen molar-refractivity contribution in [2.45, 2.75) is 57.7 Å². The van der Waals surface area contributed by atoms with Crippen LogP contribution in [0.3, 0.4) is 0 Å². The van der Waals surface area contributed by atoms with E-state index in [1.54, 1.807) is 25.1 Å². The van der Waals surface area contributed by atoms with Gasteiger partial charge in [0.05, 0.1) is 22.0 Å². The van der Waals surface area contributed by atoms with Crippen LogP contribution in [0.2, 0.25) is 10.0 Å². The summed E-state index contributed by atoms with van der Waals surface area (Å²) in [4.78, 5) is 27.9. The van der Waals surface area contributed by atoms with Crippen molar-refractivity contribution in [1.82, 2.24) is 10.2 Å². The Kier molecular flexibility index (Phi) is 9.60. The minimum atomic E-state index is -4.02. The van der Waals surface area contributed by atoms with Gasteiger partial charge in [-0.25, -0.2) is 12.8 Å². The van der Waals surface area contributed by atoms with Crippen molar-refractivity contribution in [3.8, 4) is 0 Å². The topological polar surface area (TPSA) is 86.8 Å². The number of anilines is 1. The Labute approximate surface area is 221 Å². The fourth-order valence-corrected chi connectivity index (χ4v) is 5.41. The van der Waals surface area contributed by atoms with Gasteiger partial charge in [0.15, 0.2) is 0 Å². The van der Waals surface area contributed by atoms with Crippen molar-refractivity contribution < 1.29 is 22.4 Å². The molecule has 7 nitrogen and oxygen atoms in total. The van der Waals surface area contributed by atoms with E-state index in [4.69, 9.17) is 23.2 Å². The second-order valence-electron chi connectivity index (χ2n) is 9.01. The van der Waals surface area contributed by atoms with Crippen molar-refractivity contribution in [1.29, 1.82) is 0 Å². The van der Waals surface area contributed by atoms with E-state index in [0.29, 0.717) is 14.9 Å². The molecule has 2 aromatic carbocycles. The van der Waals surface area contributed by atoms with Crippen molar-refractivity contribution in [2.75, 3.05) is 17.1 Å². The summed E-state index contributed by atoms with van der Waals surface area (Å²) in [5, 5.41) is 3.63. The zero-order valence-electron chi connectivity index (χ0n) is 20.2. The lowest BCUT2D eigenvalue weighted by molar-refractivity contribution is -0.139. The molecule has 11 heteroatoms. The monoisotopic (exact) mass is 557 g/mol. The molecule has 1 aliphatic carbocycles. The van der Waals surface area contributed by atoms with E-state index < -0.39 is 34.3 Å². The van der Waals surface area contributed by atoms with Crippen molar-refractivity contribution in [3.63, 3.8) is 0 Å². The SMILES string of the molecule is C[C@H](C(=O)NC1CCCCC1)N(Cc1ccc(Cl)c(Cl)c1)C(=O)CN(c1ccccc1F)S(C)(=O)=O. The first kappa shape index (κ1) is 28.2. The third-order valence-electron chi connectivity index (χ3n) is 6.26. The van der Waals surface area contributed by atoms with Gasteiger partial charge in [-0.15, -0.1) is 0 Å². The average molecular weight is 559 g/mol. The van der Waals surface area contributed by atoms with Crippen molar-refractivity contribution in [3.05, 3.63) is 63.9 Å². The first-order valence-electron chi connectivity index (χ1n) is 11.7. The number of hydrogen-bond donors (Lipinski definition) is 1. The van der Waals surface area contributed by atoms with E-state index in [1.807, 2.05) is 0 Å². The van der Waals surface area contributed by atoms with Gasteiger partial charge in [0.1, 0.15) is 18.4 Å². The molecule has 0 heterocycles. The molecule has 2 aromatic rings. The number of carbonyl (C=O) groups excluding carboxylic acids is 2. The molecule has 0 saturated heterocycles. The molecule has 1 saturated carbocycles. The molecule has 2 amide bonds. The summed E-state index contributed by atoms with van der Waals surface area (Å²) < 4.78 is 40.2. The number of carbonyl (C=O) groups is 2. The summed E-state index contributed by atoms with van der Waals surface area (Å²) >= 11 is 12.2. The number of sulfonamides is 1. The summed E-state index contributed by atoms with van der Waals surface area (Å²) in [6.07, 6.45) is 5.81. The third kappa shape index (κ3) is 7.33.